The molecule has 0 heterocycles. The van der Waals surface area contributed by atoms with Gasteiger partial charge in [0.05, 0.1) is 17.7 Å². The molecular formula is C49H92Na2O7S. The van der Waals surface area contributed by atoms with Crippen LogP contribution < -0.4 is 69.3 Å². The first-order valence-electron chi connectivity index (χ1n) is 24.8. The molecule has 0 aliphatic carbocycles. The van der Waals surface area contributed by atoms with Crippen LogP contribution in [0.4, 0.5) is 0 Å². The molecular weight excluding hydrogens is 779 g/mol. The van der Waals surface area contributed by atoms with Gasteiger partial charge in [-0.3, -0.25) is 4.55 Å². The van der Waals surface area contributed by atoms with Crippen LogP contribution >= 0.6 is 0 Å². The van der Waals surface area contributed by atoms with Gasteiger partial charge >= 0.3 is 59.1 Å². The summed E-state index contributed by atoms with van der Waals surface area (Å²) in [5.74, 6) is -3.83. The second-order valence-electron chi connectivity index (χ2n) is 17.5. The van der Waals surface area contributed by atoms with Crippen molar-refractivity contribution in [2.75, 3.05) is 5.75 Å². The van der Waals surface area contributed by atoms with Gasteiger partial charge in [-0.15, -0.1) is 0 Å². The standard InChI is InChI=1S/C49H94O7S.2Na/c1-2-3-4-5-6-7-8-9-10-11-12-13-14-15-16-17-18-19-20-21-22-23-24-25-26-27-28-29-30-31-32-33-34-35-36-37-38-39-40-41-43-46(48(50)51)47(49(52)53)44-42-45-57(54,55)56;;/h2-45H2,1H3,(H,50,51)(H,52,53)(H,54,55,56);;/q;2*+1/p-2/b47-46-;;. The van der Waals surface area contributed by atoms with E-state index in [9.17, 15) is 28.2 Å². The predicted octanol–water partition coefficient (Wildman–Crippen LogP) is 7.47. The smallest absolute Gasteiger partial charge is 0.545 e. The van der Waals surface area contributed by atoms with Gasteiger partial charge in [0.2, 0.25) is 0 Å². The Morgan fingerprint density at radius 3 is 0.678 bits per heavy atom. The Labute approximate surface area is 410 Å². The summed E-state index contributed by atoms with van der Waals surface area (Å²) >= 11 is 0. The largest absolute Gasteiger partial charge is 1.00 e. The fraction of sp³-hybridized carbons (Fsp3) is 0.918. The molecule has 0 aliphatic heterocycles. The third-order valence-corrected chi connectivity index (χ3v) is 12.8. The summed E-state index contributed by atoms with van der Waals surface area (Å²) in [6.07, 6.45) is 53.7. The summed E-state index contributed by atoms with van der Waals surface area (Å²) in [5, 5.41) is 22.9. The number of rotatable bonds is 47. The first kappa shape index (κ1) is 63.9. The van der Waals surface area contributed by atoms with Crippen LogP contribution in [0, 0.1) is 0 Å². The summed E-state index contributed by atoms with van der Waals surface area (Å²) in [4.78, 5) is 22.9. The Morgan fingerprint density at radius 1 is 0.339 bits per heavy atom. The van der Waals surface area contributed by atoms with Crippen molar-refractivity contribution in [1.29, 1.82) is 0 Å². The number of carboxylic acid groups (broad SMARTS) is 2. The van der Waals surface area contributed by atoms with E-state index in [0.29, 0.717) is 6.42 Å². The van der Waals surface area contributed by atoms with Crippen molar-refractivity contribution < 1.29 is 91.9 Å². The van der Waals surface area contributed by atoms with E-state index in [-0.39, 0.29) is 84.0 Å². The van der Waals surface area contributed by atoms with Crippen LogP contribution in [0.25, 0.3) is 0 Å². The van der Waals surface area contributed by atoms with E-state index in [1.807, 2.05) is 0 Å². The fourth-order valence-corrected chi connectivity index (χ4v) is 8.79. The van der Waals surface area contributed by atoms with E-state index < -0.39 is 33.4 Å². The maximum absolute atomic E-state index is 11.5. The van der Waals surface area contributed by atoms with Crippen LogP contribution in [-0.4, -0.2) is 30.7 Å². The predicted molar refractivity (Wildman–Crippen MR) is 238 cm³/mol. The van der Waals surface area contributed by atoms with E-state index in [2.05, 4.69) is 6.92 Å². The number of unbranched alkanes of at least 4 members (excludes halogenated alkanes) is 39. The topological polar surface area (TPSA) is 135 Å². The molecule has 0 amide bonds. The molecule has 0 aliphatic rings. The van der Waals surface area contributed by atoms with Crippen molar-refractivity contribution in [2.24, 2.45) is 0 Å². The minimum Gasteiger partial charge on any atom is -0.545 e. The Morgan fingerprint density at radius 2 is 0.508 bits per heavy atom. The fourth-order valence-electron chi connectivity index (χ4n) is 8.28. The van der Waals surface area contributed by atoms with Gasteiger partial charge in [-0.2, -0.15) is 8.42 Å². The molecule has 0 atom stereocenters. The molecule has 0 aromatic carbocycles. The first-order chi connectivity index (χ1) is 27.7. The average Bonchev–Trinajstić information content (AvgIpc) is 3.17. The van der Waals surface area contributed by atoms with Gasteiger partial charge in [0.1, 0.15) is 0 Å². The van der Waals surface area contributed by atoms with Gasteiger partial charge < -0.3 is 19.8 Å². The maximum atomic E-state index is 11.5. The Hall–Kier alpha value is 0.590. The molecule has 0 fully saturated rings. The summed E-state index contributed by atoms with van der Waals surface area (Å²) in [6.45, 7) is 2.30. The van der Waals surface area contributed by atoms with Crippen LogP contribution in [0.5, 0.6) is 0 Å². The summed E-state index contributed by atoms with van der Waals surface area (Å²) in [7, 11) is -4.25. The molecule has 0 spiro atoms. The Bertz CT molecular complexity index is 1050. The molecule has 0 unspecified atom stereocenters. The van der Waals surface area contributed by atoms with Crippen LogP contribution in [0.1, 0.15) is 283 Å². The van der Waals surface area contributed by atoms with Crippen molar-refractivity contribution in [3.63, 3.8) is 0 Å². The molecule has 338 valence electrons. The van der Waals surface area contributed by atoms with Crippen LogP contribution in [0.15, 0.2) is 11.1 Å². The van der Waals surface area contributed by atoms with Crippen molar-refractivity contribution in [3.8, 4) is 0 Å². The van der Waals surface area contributed by atoms with Gasteiger partial charge in [0.25, 0.3) is 10.1 Å². The van der Waals surface area contributed by atoms with Gasteiger partial charge in [-0.1, -0.05) is 257 Å². The molecule has 0 saturated heterocycles. The Kier molecular flexibility index (Phi) is 53.7. The third kappa shape index (κ3) is 49.5. The molecule has 1 N–H and O–H groups in total. The van der Waals surface area contributed by atoms with Crippen molar-refractivity contribution in [3.05, 3.63) is 11.1 Å². The number of hydrogen-bond donors (Lipinski definition) is 1. The quantitative estimate of drug-likeness (QED) is 0.0290. The van der Waals surface area contributed by atoms with E-state index >= 15 is 0 Å². The molecule has 7 nitrogen and oxygen atoms in total. The molecule has 0 radical (unpaired) electrons. The minimum atomic E-state index is -4.25. The number of carbonyl (C=O) groups excluding carboxylic acids is 2. The monoisotopic (exact) mass is 871 g/mol. The molecule has 10 heteroatoms. The number of hydrogen-bond acceptors (Lipinski definition) is 6. The molecule has 0 bridgehead atoms. The summed E-state index contributed by atoms with van der Waals surface area (Å²) in [6, 6.07) is 0. The molecule has 0 saturated carbocycles. The van der Waals surface area contributed by atoms with Gasteiger partial charge in [0, 0.05) is 0 Å². The number of carboxylic acids is 2. The second-order valence-corrected chi connectivity index (χ2v) is 19.0. The van der Waals surface area contributed by atoms with E-state index in [4.69, 9.17) is 4.55 Å². The zero-order valence-electron chi connectivity index (χ0n) is 39.4. The number of carbonyl (C=O) groups is 2. The van der Waals surface area contributed by atoms with Crippen LogP contribution in [-0.2, 0) is 19.7 Å². The van der Waals surface area contributed by atoms with Gasteiger partial charge in [0.15, 0.2) is 0 Å². The van der Waals surface area contributed by atoms with E-state index in [0.717, 1.165) is 25.7 Å². The van der Waals surface area contributed by atoms with Gasteiger partial charge in [-0.05, 0) is 36.8 Å². The van der Waals surface area contributed by atoms with Crippen LogP contribution in [0.3, 0.4) is 0 Å². The maximum Gasteiger partial charge on any atom is 1.00 e. The normalized spacial score (nSPS) is 11.9. The molecule has 0 aromatic rings. The zero-order chi connectivity index (χ0) is 41.9. The SMILES string of the molecule is CCCCCCCCCCCCCCCCCCCCCCCCCCCCCCCCCCCCCCCCCC/C(C(=O)[O-])=C(\CCCS(=O)(=O)O)C(=O)[O-].[Na+].[Na+]. The van der Waals surface area contributed by atoms with Crippen molar-refractivity contribution in [1.82, 2.24) is 0 Å². The zero-order valence-corrected chi connectivity index (χ0v) is 44.2. The minimum absolute atomic E-state index is 0. The number of aliphatic carboxylic acids is 2. The van der Waals surface area contributed by atoms with Crippen molar-refractivity contribution in [2.45, 2.75) is 283 Å². The van der Waals surface area contributed by atoms with Gasteiger partial charge in [-0.25, -0.2) is 0 Å². The average molecular weight is 871 g/mol. The molecule has 0 aromatic heterocycles. The first-order valence-corrected chi connectivity index (χ1v) is 26.4. The van der Waals surface area contributed by atoms with Crippen molar-refractivity contribution >= 4 is 22.1 Å². The van der Waals surface area contributed by atoms with E-state index in [1.54, 1.807) is 0 Å². The summed E-state index contributed by atoms with van der Waals surface area (Å²) < 4.78 is 30.6. The Balaban J connectivity index is -0.0000157. The second kappa shape index (κ2) is 49.6. The van der Waals surface area contributed by atoms with E-state index in [1.165, 1.54) is 225 Å². The van der Waals surface area contributed by atoms with Crippen LogP contribution in [0.2, 0.25) is 0 Å². The summed E-state index contributed by atoms with van der Waals surface area (Å²) in [5.41, 5.74) is -0.771. The molecule has 59 heavy (non-hydrogen) atoms. The molecule has 0 rings (SSSR count). The third-order valence-electron chi connectivity index (χ3n) is 12.0.